The average Bonchev–Trinajstić information content (AvgIpc) is 2.47. The van der Waals surface area contributed by atoms with Crippen LogP contribution in [0, 0.1) is 19.7 Å². The number of nitrogens with one attached hydrogen (secondary N) is 2. The summed E-state index contributed by atoms with van der Waals surface area (Å²) in [5, 5.41) is 5.80. The van der Waals surface area contributed by atoms with Gasteiger partial charge in [0, 0.05) is 17.8 Å². The molecule has 110 valence electrons. The van der Waals surface area contributed by atoms with E-state index in [0.29, 0.717) is 5.56 Å². The average molecular weight is 286 g/mol. The molecule has 0 aliphatic carbocycles. The maximum absolute atomic E-state index is 13.4. The molecule has 1 amide bonds. The standard InChI is InChI=1S/C17H19FN2O/c1-12-7-8-13(2)16(9-12)19-11-17(21)20-10-14-5-3-4-6-15(14)18/h3-9,19H,10-11H2,1-2H3,(H,20,21). The highest BCUT2D eigenvalue weighted by Crippen LogP contribution is 2.15. The Kier molecular flexibility index (Phi) is 4.93. The number of carbonyl (C=O) groups excluding carboxylic acids is 1. The van der Waals surface area contributed by atoms with Gasteiger partial charge in [-0.1, -0.05) is 30.3 Å². The van der Waals surface area contributed by atoms with E-state index in [1.54, 1.807) is 18.2 Å². The van der Waals surface area contributed by atoms with Crippen molar-refractivity contribution in [2.75, 3.05) is 11.9 Å². The van der Waals surface area contributed by atoms with Gasteiger partial charge in [-0.05, 0) is 37.1 Å². The molecule has 0 radical (unpaired) electrons. The zero-order chi connectivity index (χ0) is 15.2. The zero-order valence-corrected chi connectivity index (χ0v) is 12.2. The van der Waals surface area contributed by atoms with E-state index < -0.39 is 0 Å². The van der Waals surface area contributed by atoms with Gasteiger partial charge in [-0.15, -0.1) is 0 Å². The summed E-state index contributed by atoms with van der Waals surface area (Å²) in [4.78, 5) is 11.8. The van der Waals surface area contributed by atoms with Crippen LogP contribution < -0.4 is 10.6 Å². The lowest BCUT2D eigenvalue weighted by molar-refractivity contribution is -0.119. The van der Waals surface area contributed by atoms with E-state index in [0.717, 1.165) is 16.8 Å². The lowest BCUT2D eigenvalue weighted by atomic mass is 10.1. The highest BCUT2D eigenvalue weighted by Gasteiger charge is 2.05. The summed E-state index contributed by atoms with van der Waals surface area (Å²) in [5.74, 6) is -0.473. The third kappa shape index (κ3) is 4.31. The number of benzene rings is 2. The van der Waals surface area contributed by atoms with Crippen LogP contribution in [0.4, 0.5) is 10.1 Å². The topological polar surface area (TPSA) is 41.1 Å². The van der Waals surface area contributed by atoms with Gasteiger partial charge in [-0.3, -0.25) is 4.79 Å². The van der Waals surface area contributed by atoms with E-state index in [4.69, 9.17) is 0 Å². The van der Waals surface area contributed by atoms with Crippen molar-refractivity contribution in [2.45, 2.75) is 20.4 Å². The lowest BCUT2D eigenvalue weighted by Crippen LogP contribution is -2.29. The summed E-state index contributed by atoms with van der Waals surface area (Å²) in [5.41, 5.74) is 3.64. The first-order valence-corrected chi connectivity index (χ1v) is 6.87. The first-order chi connectivity index (χ1) is 10.1. The van der Waals surface area contributed by atoms with E-state index in [-0.39, 0.29) is 24.8 Å². The van der Waals surface area contributed by atoms with Crippen LogP contribution >= 0.6 is 0 Å². The smallest absolute Gasteiger partial charge is 0.239 e. The summed E-state index contributed by atoms with van der Waals surface area (Å²) in [7, 11) is 0. The summed E-state index contributed by atoms with van der Waals surface area (Å²) >= 11 is 0. The molecule has 2 aromatic carbocycles. The van der Waals surface area contributed by atoms with Crippen molar-refractivity contribution in [3.63, 3.8) is 0 Å². The molecule has 0 unspecified atom stereocenters. The second-order valence-electron chi connectivity index (χ2n) is 5.04. The number of hydrogen-bond donors (Lipinski definition) is 2. The third-order valence-corrected chi connectivity index (χ3v) is 3.27. The van der Waals surface area contributed by atoms with Crippen LogP contribution in [-0.2, 0) is 11.3 Å². The summed E-state index contributed by atoms with van der Waals surface area (Å²) in [6, 6.07) is 12.5. The fourth-order valence-corrected chi connectivity index (χ4v) is 2.00. The van der Waals surface area contributed by atoms with E-state index in [1.807, 2.05) is 32.0 Å². The van der Waals surface area contributed by atoms with Gasteiger partial charge in [0.2, 0.25) is 5.91 Å². The minimum Gasteiger partial charge on any atom is -0.376 e. The van der Waals surface area contributed by atoms with E-state index in [1.165, 1.54) is 6.07 Å². The van der Waals surface area contributed by atoms with Gasteiger partial charge in [0.05, 0.1) is 6.54 Å². The number of amides is 1. The van der Waals surface area contributed by atoms with Crippen molar-refractivity contribution in [1.29, 1.82) is 0 Å². The first-order valence-electron chi connectivity index (χ1n) is 6.87. The van der Waals surface area contributed by atoms with Crippen LogP contribution in [0.5, 0.6) is 0 Å². The molecule has 2 N–H and O–H groups in total. The lowest BCUT2D eigenvalue weighted by Gasteiger charge is -2.11. The Hall–Kier alpha value is -2.36. The molecule has 0 aliphatic heterocycles. The molecule has 2 rings (SSSR count). The van der Waals surface area contributed by atoms with Crippen molar-refractivity contribution in [3.8, 4) is 0 Å². The Labute approximate surface area is 124 Å². The summed E-state index contributed by atoms with van der Waals surface area (Å²) in [6.45, 7) is 4.35. The number of halogens is 1. The molecule has 0 saturated carbocycles. The Morgan fingerprint density at radius 1 is 1.14 bits per heavy atom. The van der Waals surface area contributed by atoms with E-state index in [9.17, 15) is 9.18 Å². The maximum Gasteiger partial charge on any atom is 0.239 e. The van der Waals surface area contributed by atoms with E-state index >= 15 is 0 Å². The van der Waals surface area contributed by atoms with Crippen LogP contribution in [-0.4, -0.2) is 12.5 Å². The number of carbonyl (C=O) groups is 1. The molecule has 0 fully saturated rings. The molecule has 0 heterocycles. The van der Waals surface area contributed by atoms with Crippen molar-refractivity contribution >= 4 is 11.6 Å². The van der Waals surface area contributed by atoms with Gasteiger partial charge in [-0.25, -0.2) is 4.39 Å². The fraction of sp³-hybridized carbons (Fsp3) is 0.235. The van der Waals surface area contributed by atoms with Crippen LogP contribution in [0.3, 0.4) is 0 Å². The minimum atomic E-state index is -0.305. The SMILES string of the molecule is Cc1ccc(C)c(NCC(=O)NCc2ccccc2F)c1. The second kappa shape index (κ2) is 6.88. The summed E-state index contributed by atoms with van der Waals surface area (Å²) < 4.78 is 13.4. The quantitative estimate of drug-likeness (QED) is 0.886. The Morgan fingerprint density at radius 2 is 1.90 bits per heavy atom. The highest BCUT2D eigenvalue weighted by atomic mass is 19.1. The molecule has 0 aliphatic rings. The largest absolute Gasteiger partial charge is 0.376 e. The molecule has 3 nitrogen and oxygen atoms in total. The third-order valence-electron chi connectivity index (χ3n) is 3.27. The van der Waals surface area contributed by atoms with Crippen LogP contribution in [0.15, 0.2) is 42.5 Å². The molecule has 2 aromatic rings. The van der Waals surface area contributed by atoms with Crippen molar-refractivity contribution in [3.05, 3.63) is 65.0 Å². The predicted molar refractivity (Wildman–Crippen MR) is 82.7 cm³/mol. The van der Waals surface area contributed by atoms with Gasteiger partial charge in [0.1, 0.15) is 5.82 Å². The number of hydrogen-bond acceptors (Lipinski definition) is 2. The molecule has 0 aromatic heterocycles. The monoisotopic (exact) mass is 286 g/mol. The Bertz CT molecular complexity index is 640. The Balaban J connectivity index is 1.85. The highest BCUT2D eigenvalue weighted by molar-refractivity contribution is 5.81. The molecule has 4 heteroatoms. The number of anilines is 1. The minimum absolute atomic E-state index is 0.165. The van der Waals surface area contributed by atoms with Crippen LogP contribution in [0.1, 0.15) is 16.7 Å². The second-order valence-corrected chi connectivity index (χ2v) is 5.04. The fourth-order valence-electron chi connectivity index (χ4n) is 2.00. The van der Waals surface area contributed by atoms with Crippen molar-refractivity contribution in [2.24, 2.45) is 0 Å². The van der Waals surface area contributed by atoms with Crippen molar-refractivity contribution < 1.29 is 9.18 Å². The molecular formula is C17H19FN2O. The Morgan fingerprint density at radius 3 is 2.67 bits per heavy atom. The van der Waals surface area contributed by atoms with Crippen molar-refractivity contribution in [1.82, 2.24) is 5.32 Å². The molecule has 0 spiro atoms. The van der Waals surface area contributed by atoms with Gasteiger partial charge in [0.25, 0.3) is 0 Å². The molecule has 0 bridgehead atoms. The zero-order valence-electron chi connectivity index (χ0n) is 12.2. The molecule has 21 heavy (non-hydrogen) atoms. The van der Waals surface area contributed by atoms with Crippen LogP contribution in [0.2, 0.25) is 0 Å². The number of rotatable bonds is 5. The van der Waals surface area contributed by atoms with Gasteiger partial charge in [-0.2, -0.15) is 0 Å². The molecule has 0 atom stereocenters. The normalized spacial score (nSPS) is 10.2. The first kappa shape index (κ1) is 15.0. The van der Waals surface area contributed by atoms with Gasteiger partial charge >= 0.3 is 0 Å². The molecule has 0 saturated heterocycles. The van der Waals surface area contributed by atoms with E-state index in [2.05, 4.69) is 10.6 Å². The predicted octanol–water partition coefficient (Wildman–Crippen LogP) is 3.17. The number of aryl methyl sites for hydroxylation is 2. The maximum atomic E-state index is 13.4. The summed E-state index contributed by atoms with van der Waals surface area (Å²) in [6.07, 6.45) is 0. The molecular weight excluding hydrogens is 267 g/mol. The van der Waals surface area contributed by atoms with Gasteiger partial charge in [0.15, 0.2) is 0 Å². The van der Waals surface area contributed by atoms with Gasteiger partial charge < -0.3 is 10.6 Å². The van der Waals surface area contributed by atoms with Crippen LogP contribution in [0.25, 0.3) is 0 Å².